The van der Waals surface area contributed by atoms with Gasteiger partial charge in [-0.1, -0.05) is 0 Å². The number of ether oxygens (including phenoxy) is 1. The minimum absolute atomic E-state index is 0.204. The number of aliphatic hydroxyl groups is 2. The second-order valence-electron chi connectivity index (χ2n) is 4.09. The number of primary amides is 1. The average Bonchev–Trinajstić information content (AvgIpc) is 2.66. The van der Waals surface area contributed by atoms with Crippen molar-refractivity contribution in [2.75, 3.05) is 6.61 Å². The van der Waals surface area contributed by atoms with E-state index in [4.69, 9.17) is 15.6 Å². The Morgan fingerprint density at radius 3 is 2.89 bits per heavy atom. The maximum Gasteiger partial charge on any atom is 0.297 e. The SMILES string of the molecule is NC(=O)c1ccc[n+]([C@@H]2O[C@H](CO)[C@@H](O)[C@H]2F)c1. The quantitative estimate of drug-likeness (QED) is 0.584. The van der Waals surface area contributed by atoms with Crippen LogP contribution in [0, 0.1) is 0 Å². The topological polar surface area (TPSA) is 96.7 Å². The average molecular weight is 257 g/mol. The van der Waals surface area contributed by atoms with Crippen LogP contribution in [-0.2, 0) is 4.74 Å². The van der Waals surface area contributed by atoms with E-state index in [9.17, 15) is 14.3 Å². The van der Waals surface area contributed by atoms with Crippen molar-refractivity contribution in [2.45, 2.75) is 24.6 Å². The minimum Gasteiger partial charge on any atom is -0.394 e. The number of rotatable bonds is 3. The molecule has 18 heavy (non-hydrogen) atoms. The van der Waals surface area contributed by atoms with Gasteiger partial charge in [-0.2, -0.15) is 4.57 Å². The fourth-order valence-electron chi connectivity index (χ4n) is 1.89. The molecule has 0 spiro atoms. The first-order valence-electron chi connectivity index (χ1n) is 5.43. The summed E-state index contributed by atoms with van der Waals surface area (Å²) in [5.74, 6) is -0.642. The Morgan fingerprint density at radius 1 is 1.61 bits per heavy atom. The van der Waals surface area contributed by atoms with Crippen molar-refractivity contribution >= 4 is 5.91 Å². The van der Waals surface area contributed by atoms with Gasteiger partial charge in [0.05, 0.1) is 6.61 Å². The second kappa shape index (κ2) is 4.97. The number of hydrogen-bond donors (Lipinski definition) is 3. The third-order valence-electron chi connectivity index (χ3n) is 2.87. The Kier molecular flexibility index (Phi) is 3.55. The second-order valence-corrected chi connectivity index (χ2v) is 4.09. The number of nitrogens with zero attached hydrogens (tertiary/aromatic N) is 1. The number of halogens is 1. The predicted molar refractivity (Wildman–Crippen MR) is 57.1 cm³/mol. The maximum absolute atomic E-state index is 13.8. The lowest BCUT2D eigenvalue weighted by molar-refractivity contribution is -0.764. The van der Waals surface area contributed by atoms with Gasteiger partial charge in [-0.05, 0) is 6.07 Å². The van der Waals surface area contributed by atoms with Crippen molar-refractivity contribution in [3.05, 3.63) is 30.1 Å². The maximum atomic E-state index is 13.8. The molecule has 4 atom stereocenters. The molecule has 4 N–H and O–H groups in total. The van der Waals surface area contributed by atoms with Crippen molar-refractivity contribution in [2.24, 2.45) is 5.73 Å². The van der Waals surface area contributed by atoms with Crippen LogP contribution >= 0.6 is 0 Å². The highest BCUT2D eigenvalue weighted by Crippen LogP contribution is 2.27. The summed E-state index contributed by atoms with van der Waals surface area (Å²) in [5, 5.41) is 18.4. The molecule has 0 radical (unpaired) electrons. The Labute approximate surface area is 102 Å². The van der Waals surface area contributed by atoms with Gasteiger partial charge in [0, 0.05) is 6.07 Å². The fourth-order valence-corrected chi connectivity index (χ4v) is 1.89. The summed E-state index contributed by atoms with van der Waals surface area (Å²) in [6, 6.07) is 3.01. The third kappa shape index (κ3) is 2.20. The highest BCUT2D eigenvalue weighted by molar-refractivity contribution is 5.92. The zero-order chi connectivity index (χ0) is 13.3. The van der Waals surface area contributed by atoms with Crippen molar-refractivity contribution in [3.63, 3.8) is 0 Å². The van der Waals surface area contributed by atoms with Crippen molar-refractivity contribution < 1.29 is 28.7 Å². The molecule has 2 heterocycles. The molecule has 7 heteroatoms. The largest absolute Gasteiger partial charge is 0.394 e. The van der Waals surface area contributed by atoms with Crippen molar-refractivity contribution in [1.82, 2.24) is 0 Å². The molecule has 0 bridgehead atoms. The van der Waals surface area contributed by atoms with Gasteiger partial charge in [0.25, 0.3) is 12.1 Å². The summed E-state index contributed by atoms with van der Waals surface area (Å²) in [5.41, 5.74) is 5.32. The molecule has 2 rings (SSSR count). The molecule has 0 unspecified atom stereocenters. The van der Waals surface area contributed by atoms with Crippen molar-refractivity contribution in [3.8, 4) is 0 Å². The van der Waals surface area contributed by atoms with Crippen LogP contribution in [0.1, 0.15) is 16.6 Å². The molecular formula is C11H14FN2O4+. The lowest BCUT2D eigenvalue weighted by Crippen LogP contribution is -2.45. The molecule has 1 aliphatic heterocycles. The lowest BCUT2D eigenvalue weighted by atomic mass is 10.1. The molecule has 1 fully saturated rings. The number of aromatic nitrogens is 1. The first kappa shape index (κ1) is 12.9. The summed E-state index contributed by atoms with van der Waals surface area (Å²) < 4.78 is 20.3. The lowest BCUT2D eigenvalue weighted by Gasteiger charge is -2.08. The van der Waals surface area contributed by atoms with E-state index in [1.54, 1.807) is 0 Å². The number of amides is 1. The number of alkyl halides is 1. The molecule has 0 saturated carbocycles. The van der Waals surface area contributed by atoms with Gasteiger partial charge in [0.15, 0.2) is 12.4 Å². The normalized spacial score (nSPS) is 31.5. The molecule has 1 amide bonds. The minimum atomic E-state index is -1.68. The first-order chi connectivity index (χ1) is 8.54. The van der Waals surface area contributed by atoms with Crippen LogP contribution in [0.25, 0.3) is 0 Å². The number of carbonyl (C=O) groups is 1. The zero-order valence-corrected chi connectivity index (χ0v) is 9.44. The van der Waals surface area contributed by atoms with Crippen LogP contribution in [0.15, 0.2) is 24.5 Å². The number of aliphatic hydroxyl groups excluding tert-OH is 2. The summed E-state index contributed by atoms with van der Waals surface area (Å²) in [4.78, 5) is 11.0. The van der Waals surface area contributed by atoms with Crippen LogP contribution in [-0.4, -0.2) is 41.1 Å². The Morgan fingerprint density at radius 2 is 2.33 bits per heavy atom. The number of carbonyl (C=O) groups excluding carboxylic acids is 1. The van der Waals surface area contributed by atoms with Gasteiger partial charge in [-0.15, -0.1) is 0 Å². The molecule has 6 nitrogen and oxygen atoms in total. The molecule has 1 aliphatic rings. The highest BCUT2D eigenvalue weighted by atomic mass is 19.1. The summed E-state index contributed by atoms with van der Waals surface area (Å²) >= 11 is 0. The van der Waals surface area contributed by atoms with E-state index < -0.39 is 37.1 Å². The summed E-state index contributed by atoms with van der Waals surface area (Å²) in [7, 11) is 0. The Hall–Kier alpha value is -1.57. The monoisotopic (exact) mass is 257 g/mol. The Bertz CT molecular complexity index is 456. The smallest absolute Gasteiger partial charge is 0.297 e. The third-order valence-corrected chi connectivity index (χ3v) is 2.87. The van der Waals surface area contributed by atoms with E-state index >= 15 is 0 Å². The summed E-state index contributed by atoms with van der Waals surface area (Å²) in [6.45, 7) is -0.478. The van der Waals surface area contributed by atoms with E-state index in [0.29, 0.717) is 0 Å². The number of hydrogen-bond acceptors (Lipinski definition) is 4. The standard InChI is InChI=1S/C11H13FN2O4/c12-8-9(16)7(5-15)18-11(8)14-3-1-2-6(4-14)10(13)17/h1-4,7-9,11,15-16H,5H2,(H-,13,17)/p+1/t7-,8-,9-,11-/m1/s1. The van der Waals surface area contributed by atoms with Crippen LogP contribution in [0.4, 0.5) is 4.39 Å². The van der Waals surface area contributed by atoms with Gasteiger partial charge in [-0.25, -0.2) is 4.39 Å². The van der Waals surface area contributed by atoms with E-state index in [2.05, 4.69) is 0 Å². The van der Waals surface area contributed by atoms with Crippen LogP contribution < -0.4 is 10.3 Å². The van der Waals surface area contributed by atoms with E-state index in [1.807, 2.05) is 0 Å². The van der Waals surface area contributed by atoms with Gasteiger partial charge < -0.3 is 20.7 Å². The Balaban J connectivity index is 2.27. The summed E-state index contributed by atoms with van der Waals surface area (Å²) in [6.07, 6.45) is -2.31. The van der Waals surface area contributed by atoms with Gasteiger partial charge >= 0.3 is 0 Å². The van der Waals surface area contributed by atoms with Gasteiger partial charge in [0.1, 0.15) is 17.8 Å². The van der Waals surface area contributed by atoms with Crippen molar-refractivity contribution in [1.29, 1.82) is 0 Å². The van der Waals surface area contributed by atoms with E-state index in [-0.39, 0.29) is 5.56 Å². The first-order valence-corrected chi connectivity index (χ1v) is 5.43. The molecular weight excluding hydrogens is 243 g/mol. The van der Waals surface area contributed by atoms with Gasteiger partial charge in [0.2, 0.25) is 6.17 Å². The van der Waals surface area contributed by atoms with Gasteiger partial charge in [-0.3, -0.25) is 4.79 Å². The van der Waals surface area contributed by atoms with Crippen LogP contribution in [0.3, 0.4) is 0 Å². The van der Waals surface area contributed by atoms with E-state index in [0.717, 1.165) is 0 Å². The molecule has 1 saturated heterocycles. The number of nitrogens with two attached hydrogens (primary N) is 1. The molecule has 0 aliphatic carbocycles. The highest BCUT2D eigenvalue weighted by Gasteiger charge is 2.49. The molecule has 1 aromatic heterocycles. The van der Waals surface area contributed by atoms with Crippen LogP contribution in [0.2, 0.25) is 0 Å². The molecule has 0 aromatic carbocycles. The zero-order valence-electron chi connectivity index (χ0n) is 9.44. The van der Waals surface area contributed by atoms with E-state index in [1.165, 1.54) is 29.1 Å². The number of pyridine rings is 1. The van der Waals surface area contributed by atoms with Crippen LogP contribution in [0.5, 0.6) is 0 Å². The molecule has 98 valence electrons. The predicted octanol–water partition coefficient (Wildman–Crippen LogP) is -1.34. The fraction of sp³-hybridized carbons (Fsp3) is 0.455. The molecule has 1 aromatic rings.